The van der Waals surface area contributed by atoms with Gasteiger partial charge in [-0.15, -0.1) is 0 Å². The summed E-state index contributed by atoms with van der Waals surface area (Å²) in [5, 5.41) is 2.08. The number of benzene rings is 1. The number of aromatic nitrogens is 1. The van der Waals surface area contributed by atoms with Crippen molar-refractivity contribution in [2.45, 2.75) is 0 Å². The second-order valence-electron chi connectivity index (χ2n) is 5.78. The number of hydrogen-bond donors (Lipinski definition) is 2. The lowest BCUT2D eigenvalue weighted by Crippen LogP contribution is -2.26. The smallest absolute Gasteiger partial charge is 0.340 e. The van der Waals surface area contributed by atoms with Crippen LogP contribution in [0.3, 0.4) is 0 Å². The number of nitrogens with one attached hydrogen (secondary N) is 1. The number of nitrogens with zero attached hydrogens (tertiary/aromatic N) is 1. The molecule has 2 aromatic rings. The standard InChI is InChI=1S/C17H13N3O7/c1-25-17(24)7-4-10-11(27-3-2-26-10)6-9(7)20-12(21)5-8-13(14(20)18)16(23)19-15(8)22/h4-6H,2-3,18H2,1H3,(H,19,22,23). The number of nitrogens with two attached hydrogens (primary N) is 1. The fourth-order valence-corrected chi connectivity index (χ4v) is 3.06. The van der Waals surface area contributed by atoms with E-state index in [1.54, 1.807) is 0 Å². The lowest BCUT2D eigenvalue weighted by atomic mass is 10.1. The number of esters is 1. The van der Waals surface area contributed by atoms with Gasteiger partial charge in [0.1, 0.15) is 19.0 Å². The Bertz CT molecular complexity index is 1090. The van der Waals surface area contributed by atoms with E-state index in [0.717, 1.165) is 10.6 Å². The minimum atomic E-state index is -0.741. The molecule has 0 saturated heterocycles. The Kier molecular flexibility index (Phi) is 3.62. The van der Waals surface area contributed by atoms with Crippen molar-refractivity contribution >= 4 is 23.6 Å². The molecule has 2 amide bonds. The van der Waals surface area contributed by atoms with Gasteiger partial charge in [-0.25, -0.2) is 4.79 Å². The molecule has 0 bridgehead atoms. The molecule has 0 saturated carbocycles. The van der Waals surface area contributed by atoms with E-state index < -0.39 is 23.3 Å². The largest absolute Gasteiger partial charge is 0.486 e. The van der Waals surface area contributed by atoms with Crippen molar-refractivity contribution < 1.29 is 28.6 Å². The molecule has 1 aromatic carbocycles. The Morgan fingerprint density at radius 3 is 2.44 bits per heavy atom. The highest BCUT2D eigenvalue weighted by Gasteiger charge is 2.33. The van der Waals surface area contributed by atoms with E-state index >= 15 is 0 Å². The Labute approximate surface area is 151 Å². The highest BCUT2D eigenvalue weighted by molar-refractivity contribution is 6.23. The summed E-state index contributed by atoms with van der Waals surface area (Å²) in [7, 11) is 1.18. The first kappa shape index (κ1) is 16.6. The summed E-state index contributed by atoms with van der Waals surface area (Å²) >= 11 is 0. The monoisotopic (exact) mass is 371 g/mol. The third-order valence-electron chi connectivity index (χ3n) is 4.26. The first-order valence-corrected chi connectivity index (χ1v) is 7.86. The maximum absolute atomic E-state index is 12.7. The first-order valence-electron chi connectivity index (χ1n) is 7.86. The van der Waals surface area contributed by atoms with Crippen LogP contribution in [0.5, 0.6) is 11.5 Å². The van der Waals surface area contributed by atoms with Crippen LogP contribution in [0, 0.1) is 0 Å². The van der Waals surface area contributed by atoms with Crippen LogP contribution in [0.15, 0.2) is 23.0 Å². The van der Waals surface area contributed by atoms with Crippen LogP contribution in [0.4, 0.5) is 5.82 Å². The van der Waals surface area contributed by atoms with Gasteiger partial charge in [0.15, 0.2) is 11.5 Å². The zero-order valence-corrected chi connectivity index (χ0v) is 14.0. The number of methoxy groups -OCH3 is 1. The van der Waals surface area contributed by atoms with Crippen molar-refractivity contribution in [1.29, 1.82) is 0 Å². The Morgan fingerprint density at radius 1 is 1.11 bits per heavy atom. The van der Waals surface area contributed by atoms with Crippen LogP contribution in [0.25, 0.3) is 5.69 Å². The number of carbonyl (C=O) groups is 3. The summed E-state index contributed by atoms with van der Waals surface area (Å²) in [6.45, 7) is 0.589. The van der Waals surface area contributed by atoms with Gasteiger partial charge in [0.05, 0.1) is 29.5 Å². The van der Waals surface area contributed by atoms with Crippen molar-refractivity contribution in [3.05, 3.63) is 45.2 Å². The molecule has 2 aliphatic rings. The lowest BCUT2D eigenvalue weighted by molar-refractivity contribution is 0.0599. The van der Waals surface area contributed by atoms with E-state index in [1.807, 2.05) is 0 Å². The van der Waals surface area contributed by atoms with E-state index in [-0.39, 0.29) is 34.8 Å². The van der Waals surface area contributed by atoms with Gasteiger partial charge in [0.25, 0.3) is 17.4 Å². The molecule has 1 aromatic heterocycles. The third kappa shape index (κ3) is 2.41. The average molecular weight is 371 g/mol. The molecule has 27 heavy (non-hydrogen) atoms. The second-order valence-corrected chi connectivity index (χ2v) is 5.78. The van der Waals surface area contributed by atoms with Crippen molar-refractivity contribution in [1.82, 2.24) is 9.88 Å². The predicted molar refractivity (Wildman–Crippen MR) is 90.6 cm³/mol. The molecule has 10 nitrogen and oxygen atoms in total. The molecule has 0 radical (unpaired) electrons. The predicted octanol–water partition coefficient (Wildman–Crippen LogP) is -0.139. The first-order chi connectivity index (χ1) is 12.9. The Hall–Kier alpha value is -3.82. The number of imide groups is 1. The quantitative estimate of drug-likeness (QED) is 0.549. The fourth-order valence-electron chi connectivity index (χ4n) is 3.06. The zero-order chi connectivity index (χ0) is 19.3. The summed E-state index contributed by atoms with van der Waals surface area (Å²) in [4.78, 5) is 48.7. The molecule has 0 unspecified atom stereocenters. The van der Waals surface area contributed by atoms with Gasteiger partial charge < -0.3 is 19.9 Å². The fraction of sp³-hybridized carbons (Fsp3) is 0.176. The number of anilines is 1. The number of nitrogen functional groups attached to an aromatic ring is 1. The van der Waals surface area contributed by atoms with Crippen LogP contribution >= 0.6 is 0 Å². The Morgan fingerprint density at radius 2 is 1.78 bits per heavy atom. The molecule has 3 N–H and O–H groups in total. The van der Waals surface area contributed by atoms with E-state index in [4.69, 9.17) is 19.9 Å². The summed E-state index contributed by atoms with van der Waals surface area (Å²) in [5.74, 6) is -1.83. The Balaban J connectivity index is 2.03. The van der Waals surface area contributed by atoms with E-state index in [2.05, 4.69) is 5.32 Å². The van der Waals surface area contributed by atoms with Gasteiger partial charge in [-0.2, -0.15) is 0 Å². The minimum Gasteiger partial charge on any atom is -0.486 e. The molecule has 10 heteroatoms. The average Bonchev–Trinajstić information content (AvgIpc) is 2.94. The number of fused-ring (bicyclic) bond motifs is 2. The molecule has 3 heterocycles. The lowest BCUT2D eigenvalue weighted by Gasteiger charge is -2.22. The highest BCUT2D eigenvalue weighted by atomic mass is 16.6. The molecule has 138 valence electrons. The third-order valence-corrected chi connectivity index (χ3v) is 4.26. The molecular weight excluding hydrogens is 358 g/mol. The van der Waals surface area contributed by atoms with Gasteiger partial charge in [0.2, 0.25) is 0 Å². The van der Waals surface area contributed by atoms with E-state index in [1.165, 1.54) is 19.2 Å². The zero-order valence-electron chi connectivity index (χ0n) is 14.0. The maximum Gasteiger partial charge on any atom is 0.340 e. The number of rotatable bonds is 2. The van der Waals surface area contributed by atoms with Crippen molar-refractivity contribution in [2.75, 3.05) is 26.1 Å². The topological polar surface area (TPSA) is 139 Å². The molecule has 0 atom stereocenters. The van der Waals surface area contributed by atoms with Crippen LogP contribution in [0.1, 0.15) is 31.1 Å². The van der Waals surface area contributed by atoms with E-state index in [0.29, 0.717) is 18.1 Å². The summed E-state index contributed by atoms with van der Waals surface area (Å²) in [6, 6.07) is 3.77. The molecule has 2 aliphatic heterocycles. The van der Waals surface area contributed by atoms with Crippen LogP contribution < -0.4 is 26.1 Å². The molecule has 0 fully saturated rings. The van der Waals surface area contributed by atoms with Gasteiger partial charge >= 0.3 is 5.97 Å². The van der Waals surface area contributed by atoms with Gasteiger partial charge in [-0.05, 0) is 0 Å². The molecule has 4 rings (SSSR count). The van der Waals surface area contributed by atoms with Gasteiger partial charge in [-0.3, -0.25) is 24.3 Å². The van der Waals surface area contributed by atoms with Crippen molar-refractivity contribution in [2.24, 2.45) is 0 Å². The van der Waals surface area contributed by atoms with Gasteiger partial charge in [-0.1, -0.05) is 0 Å². The molecular formula is C17H13N3O7. The highest BCUT2D eigenvalue weighted by Crippen LogP contribution is 2.36. The number of pyridine rings is 1. The summed E-state index contributed by atoms with van der Waals surface area (Å²) in [5.41, 5.74) is 5.12. The second kappa shape index (κ2) is 5.87. The maximum atomic E-state index is 12.7. The van der Waals surface area contributed by atoms with Gasteiger partial charge in [0, 0.05) is 18.2 Å². The number of hydrogen-bond acceptors (Lipinski definition) is 8. The normalized spacial score (nSPS) is 14.6. The van der Waals surface area contributed by atoms with Crippen molar-refractivity contribution in [3.8, 4) is 17.2 Å². The summed E-state index contributed by atoms with van der Waals surface area (Å²) in [6.07, 6.45) is 0. The number of carbonyl (C=O) groups excluding carboxylic acids is 3. The summed E-state index contributed by atoms with van der Waals surface area (Å²) < 4.78 is 16.7. The molecule has 0 aliphatic carbocycles. The van der Waals surface area contributed by atoms with Crippen LogP contribution in [-0.4, -0.2) is 42.7 Å². The number of ether oxygens (including phenoxy) is 3. The minimum absolute atomic E-state index is 0.0137. The SMILES string of the molecule is COC(=O)c1cc2c(cc1-n1c(N)c3c(cc1=O)C(=O)NC3=O)OCCO2. The van der Waals surface area contributed by atoms with Crippen molar-refractivity contribution in [3.63, 3.8) is 0 Å². The van der Waals surface area contributed by atoms with Crippen LogP contribution in [0.2, 0.25) is 0 Å². The van der Waals surface area contributed by atoms with E-state index in [9.17, 15) is 19.2 Å². The molecule has 0 spiro atoms. The van der Waals surface area contributed by atoms with Crippen LogP contribution in [-0.2, 0) is 4.74 Å². The number of amides is 2.